The predicted molar refractivity (Wildman–Crippen MR) is 88.2 cm³/mol. The van der Waals surface area contributed by atoms with Crippen LogP contribution in [0.25, 0.3) is 0 Å². The first-order valence-corrected chi connectivity index (χ1v) is 8.19. The number of aliphatic hydroxyl groups excluding tert-OH is 1. The second-order valence-corrected chi connectivity index (χ2v) is 6.96. The summed E-state index contributed by atoms with van der Waals surface area (Å²) in [6, 6.07) is 10.1. The molecule has 0 spiro atoms. The molecular weight excluding hydrogens is 306 g/mol. The quantitative estimate of drug-likeness (QED) is 0.873. The zero-order valence-electron chi connectivity index (χ0n) is 14.1. The van der Waals surface area contributed by atoms with E-state index in [2.05, 4.69) is 32.8 Å². The minimum atomic E-state index is -0.820. The lowest BCUT2D eigenvalue weighted by Crippen LogP contribution is -2.51. The van der Waals surface area contributed by atoms with Crippen LogP contribution in [0.5, 0.6) is 0 Å². The van der Waals surface area contributed by atoms with Crippen LogP contribution < -0.4 is 0 Å². The van der Waals surface area contributed by atoms with Gasteiger partial charge in [0.15, 0.2) is 5.82 Å². The van der Waals surface area contributed by atoms with E-state index in [-0.39, 0.29) is 17.9 Å². The number of aromatic amines is 1. The molecule has 3 rings (SSSR count). The van der Waals surface area contributed by atoms with Crippen molar-refractivity contribution in [3.05, 3.63) is 41.7 Å². The summed E-state index contributed by atoms with van der Waals surface area (Å²) in [6.45, 7) is 4.93. The van der Waals surface area contributed by atoms with Crippen molar-refractivity contribution in [2.24, 2.45) is 0 Å². The third-order valence-corrected chi connectivity index (χ3v) is 5.14. The summed E-state index contributed by atoms with van der Waals surface area (Å²) < 4.78 is 0. The average molecular weight is 329 g/mol. The Morgan fingerprint density at radius 3 is 2.50 bits per heavy atom. The minimum Gasteiger partial charge on any atom is -0.395 e. The highest BCUT2D eigenvalue weighted by Gasteiger charge is 2.42. The van der Waals surface area contributed by atoms with Gasteiger partial charge in [-0.2, -0.15) is 5.21 Å². The van der Waals surface area contributed by atoms with Gasteiger partial charge >= 0.3 is 0 Å². The third-order valence-electron chi connectivity index (χ3n) is 5.14. The van der Waals surface area contributed by atoms with E-state index in [9.17, 15) is 9.90 Å². The highest BCUT2D eigenvalue weighted by atomic mass is 16.3. The Bertz CT molecular complexity index is 676. The van der Waals surface area contributed by atoms with Crippen molar-refractivity contribution < 1.29 is 9.90 Å². The average Bonchev–Trinajstić information content (AvgIpc) is 3.17. The number of rotatable bonds is 4. The molecule has 1 fully saturated rings. The second kappa shape index (κ2) is 6.32. The van der Waals surface area contributed by atoms with Crippen LogP contribution in [0.4, 0.5) is 0 Å². The first-order valence-electron chi connectivity index (χ1n) is 8.19. The SMILES string of the molecule is CC(C)(C(=O)N1CCC(CO)(c2ccccc2)CC1)c1nn[nH]n1. The summed E-state index contributed by atoms with van der Waals surface area (Å²) in [5.41, 5.74) is 0.0461. The first kappa shape index (κ1) is 16.6. The Kier molecular flexibility index (Phi) is 4.36. The summed E-state index contributed by atoms with van der Waals surface area (Å²) in [5, 5.41) is 23.9. The van der Waals surface area contributed by atoms with Crippen molar-refractivity contribution in [2.45, 2.75) is 37.5 Å². The topological polar surface area (TPSA) is 95.0 Å². The zero-order valence-corrected chi connectivity index (χ0v) is 14.1. The smallest absolute Gasteiger partial charge is 0.236 e. The molecule has 0 saturated carbocycles. The monoisotopic (exact) mass is 329 g/mol. The summed E-state index contributed by atoms with van der Waals surface area (Å²) in [6.07, 6.45) is 1.48. The molecule has 0 aliphatic carbocycles. The van der Waals surface area contributed by atoms with E-state index < -0.39 is 5.41 Å². The van der Waals surface area contributed by atoms with Gasteiger partial charge in [-0.3, -0.25) is 4.79 Å². The lowest BCUT2D eigenvalue weighted by atomic mass is 9.73. The highest BCUT2D eigenvalue weighted by molar-refractivity contribution is 5.86. The maximum Gasteiger partial charge on any atom is 0.236 e. The Labute approximate surface area is 141 Å². The van der Waals surface area contributed by atoms with Gasteiger partial charge in [-0.1, -0.05) is 35.5 Å². The van der Waals surface area contributed by atoms with Gasteiger partial charge in [0.05, 0.1) is 6.61 Å². The number of hydrogen-bond acceptors (Lipinski definition) is 5. The molecule has 24 heavy (non-hydrogen) atoms. The number of nitrogens with one attached hydrogen (secondary N) is 1. The number of piperidine rings is 1. The molecule has 0 bridgehead atoms. The Balaban J connectivity index is 1.74. The molecule has 1 aliphatic heterocycles. The lowest BCUT2D eigenvalue weighted by Gasteiger charge is -2.42. The number of carbonyl (C=O) groups is 1. The van der Waals surface area contributed by atoms with Crippen LogP contribution in [0.2, 0.25) is 0 Å². The third kappa shape index (κ3) is 2.80. The van der Waals surface area contributed by atoms with Crippen molar-refractivity contribution in [1.29, 1.82) is 0 Å². The second-order valence-electron chi connectivity index (χ2n) is 6.96. The number of carbonyl (C=O) groups excluding carboxylic acids is 1. The number of likely N-dealkylation sites (tertiary alicyclic amines) is 1. The molecule has 0 atom stereocenters. The van der Waals surface area contributed by atoms with Crippen molar-refractivity contribution in [3.8, 4) is 0 Å². The van der Waals surface area contributed by atoms with E-state index in [1.807, 2.05) is 36.9 Å². The van der Waals surface area contributed by atoms with Gasteiger partial charge in [-0.05, 0) is 32.3 Å². The number of amides is 1. The highest BCUT2D eigenvalue weighted by Crippen LogP contribution is 2.36. The van der Waals surface area contributed by atoms with Crippen LogP contribution in [0.1, 0.15) is 38.1 Å². The van der Waals surface area contributed by atoms with Crippen molar-refractivity contribution >= 4 is 5.91 Å². The standard InChI is InChI=1S/C17H23N5O2/c1-16(2,14-18-20-21-19-14)15(24)22-10-8-17(12-23,9-11-22)13-6-4-3-5-7-13/h3-7,23H,8-12H2,1-2H3,(H,18,19,20,21). The first-order chi connectivity index (χ1) is 11.5. The fraction of sp³-hybridized carbons (Fsp3) is 0.529. The number of nitrogens with zero attached hydrogens (tertiary/aromatic N) is 4. The Morgan fingerprint density at radius 1 is 1.29 bits per heavy atom. The Hall–Kier alpha value is -2.28. The fourth-order valence-electron chi connectivity index (χ4n) is 3.39. The molecule has 128 valence electrons. The Morgan fingerprint density at radius 2 is 1.96 bits per heavy atom. The number of aromatic nitrogens is 4. The number of aliphatic hydroxyl groups is 1. The summed E-state index contributed by atoms with van der Waals surface area (Å²) >= 11 is 0. The molecule has 1 aromatic heterocycles. The van der Waals surface area contributed by atoms with E-state index in [4.69, 9.17) is 0 Å². The van der Waals surface area contributed by atoms with E-state index in [0.29, 0.717) is 18.9 Å². The molecule has 1 aliphatic rings. The van der Waals surface area contributed by atoms with Crippen LogP contribution >= 0.6 is 0 Å². The van der Waals surface area contributed by atoms with Gasteiger partial charge in [0.2, 0.25) is 5.91 Å². The summed E-state index contributed by atoms with van der Waals surface area (Å²) in [7, 11) is 0. The van der Waals surface area contributed by atoms with Gasteiger partial charge in [0.25, 0.3) is 0 Å². The molecule has 2 heterocycles. The molecule has 0 unspecified atom stereocenters. The van der Waals surface area contributed by atoms with Crippen LogP contribution in [0, 0.1) is 0 Å². The van der Waals surface area contributed by atoms with Gasteiger partial charge in [0.1, 0.15) is 5.41 Å². The van der Waals surface area contributed by atoms with Crippen molar-refractivity contribution in [3.63, 3.8) is 0 Å². The molecule has 7 nitrogen and oxygen atoms in total. The van der Waals surface area contributed by atoms with Crippen LogP contribution in [0.3, 0.4) is 0 Å². The molecule has 2 N–H and O–H groups in total. The number of benzene rings is 1. The molecule has 1 aromatic carbocycles. The van der Waals surface area contributed by atoms with E-state index in [1.54, 1.807) is 0 Å². The molecule has 1 saturated heterocycles. The van der Waals surface area contributed by atoms with Gasteiger partial charge in [-0.25, -0.2) is 0 Å². The molecule has 2 aromatic rings. The minimum absolute atomic E-state index is 0.0106. The van der Waals surface area contributed by atoms with Gasteiger partial charge in [-0.15, -0.1) is 10.2 Å². The largest absolute Gasteiger partial charge is 0.395 e. The zero-order chi connectivity index (χ0) is 17.2. The molecule has 1 amide bonds. The van der Waals surface area contributed by atoms with Gasteiger partial charge in [0, 0.05) is 18.5 Å². The van der Waals surface area contributed by atoms with E-state index in [0.717, 1.165) is 18.4 Å². The summed E-state index contributed by atoms with van der Waals surface area (Å²) in [4.78, 5) is 14.7. The van der Waals surface area contributed by atoms with Crippen molar-refractivity contribution in [2.75, 3.05) is 19.7 Å². The normalized spacial score (nSPS) is 17.7. The van der Waals surface area contributed by atoms with Crippen molar-refractivity contribution in [1.82, 2.24) is 25.5 Å². The maximum absolute atomic E-state index is 12.9. The number of H-pyrrole nitrogens is 1. The van der Waals surface area contributed by atoms with E-state index in [1.165, 1.54) is 0 Å². The number of tetrazole rings is 1. The summed E-state index contributed by atoms with van der Waals surface area (Å²) in [5.74, 6) is 0.387. The fourth-order valence-corrected chi connectivity index (χ4v) is 3.39. The van der Waals surface area contributed by atoms with Gasteiger partial charge < -0.3 is 10.0 Å². The number of hydrogen-bond donors (Lipinski definition) is 2. The van der Waals surface area contributed by atoms with Crippen LogP contribution in [-0.2, 0) is 15.6 Å². The van der Waals surface area contributed by atoms with E-state index >= 15 is 0 Å². The molecule has 0 radical (unpaired) electrons. The molecular formula is C17H23N5O2. The van der Waals surface area contributed by atoms with Crippen LogP contribution in [0.15, 0.2) is 30.3 Å². The van der Waals surface area contributed by atoms with Crippen LogP contribution in [-0.4, -0.2) is 56.2 Å². The molecule has 7 heteroatoms. The lowest BCUT2D eigenvalue weighted by molar-refractivity contribution is -0.138. The maximum atomic E-state index is 12.9. The predicted octanol–water partition coefficient (Wildman–Crippen LogP) is 1.03.